The fourth-order valence-electron chi connectivity index (χ4n) is 7.46. The van der Waals surface area contributed by atoms with Crippen molar-refractivity contribution in [2.75, 3.05) is 0 Å². The van der Waals surface area contributed by atoms with Crippen molar-refractivity contribution in [3.8, 4) is 16.9 Å². The van der Waals surface area contributed by atoms with Crippen LogP contribution in [0.15, 0.2) is 195 Å². The smallest absolute Gasteiger partial charge is 0.127 e. The van der Waals surface area contributed by atoms with Crippen molar-refractivity contribution in [2.24, 2.45) is 0 Å². The van der Waals surface area contributed by atoms with E-state index in [4.69, 9.17) is 9.47 Å². The number of allylic oxidation sites excluding steroid dienone is 8. The van der Waals surface area contributed by atoms with Gasteiger partial charge in [0.05, 0.1) is 17.9 Å². The Kier molecular flexibility index (Phi) is 7.27. The summed E-state index contributed by atoms with van der Waals surface area (Å²) < 4.78 is 11.3. The highest BCUT2D eigenvalue weighted by atomic mass is 16.5. The summed E-state index contributed by atoms with van der Waals surface area (Å²) in [5.41, 5.74) is 7.58. The van der Waals surface area contributed by atoms with E-state index in [1.807, 2.05) is 18.2 Å². The lowest BCUT2D eigenvalue weighted by molar-refractivity contribution is 0.368. The predicted molar refractivity (Wildman–Crippen MR) is 201 cm³/mol. The molecule has 0 saturated heterocycles. The topological polar surface area (TPSA) is 18.5 Å². The Morgan fingerprint density at radius 3 is 1.81 bits per heavy atom. The van der Waals surface area contributed by atoms with Gasteiger partial charge in [-0.05, 0) is 132 Å². The fraction of sp³-hybridized carbons (Fsp3) is 0.0435. The molecule has 0 bridgehead atoms. The van der Waals surface area contributed by atoms with Gasteiger partial charge in [0.2, 0.25) is 0 Å². The molecule has 48 heavy (non-hydrogen) atoms. The highest BCUT2D eigenvalue weighted by molar-refractivity contribution is 6.01. The summed E-state index contributed by atoms with van der Waals surface area (Å²) in [5.74, 6) is 1.51. The Morgan fingerprint density at radius 1 is 0.583 bits per heavy atom. The molecular weight excluding hydrogens is 585 g/mol. The molecule has 0 fully saturated rings. The SMILES string of the molecule is C=COC1=CC/C=C\C(C2(c3ccc4cc(OC=C)ccc4c3)c3cc4ccccc4cc3-c3cc4ccccc4cc32)=C/C(=C)C=C1. The van der Waals surface area contributed by atoms with Gasteiger partial charge < -0.3 is 9.47 Å². The van der Waals surface area contributed by atoms with Crippen LogP contribution >= 0.6 is 0 Å². The van der Waals surface area contributed by atoms with Crippen molar-refractivity contribution in [1.29, 1.82) is 0 Å². The Morgan fingerprint density at radius 2 is 1.17 bits per heavy atom. The molecule has 0 saturated carbocycles. The predicted octanol–water partition coefficient (Wildman–Crippen LogP) is 12.0. The van der Waals surface area contributed by atoms with E-state index >= 15 is 0 Å². The molecule has 6 aromatic rings. The molecule has 0 amide bonds. The monoisotopic (exact) mass is 618 g/mol. The third-order valence-electron chi connectivity index (χ3n) is 9.54. The van der Waals surface area contributed by atoms with Crippen LogP contribution in [0, 0.1) is 0 Å². The van der Waals surface area contributed by atoms with E-state index in [0.29, 0.717) is 6.42 Å². The van der Waals surface area contributed by atoms with E-state index in [9.17, 15) is 0 Å². The Hall–Kier alpha value is -6.12. The van der Waals surface area contributed by atoms with Gasteiger partial charge in [-0.15, -0.1) is 0 Å². The van der Waals surface area contributed by atoms with Crippen LogP contribution < -0.4 is 4.74 Å². The minimum absolute atomic E-state index is 0.639. The first-order valence-corrected chi connectivity index (χ1v) is 16.2. The standard InChI is InChI=1S/C46H34O2/c1-4-47-40-17-11-10-16-38(24-31(3)18-22-40)46(39-21-19-37-26-41(48-5-2)23-20-36(37)25-39)44-29-34-14-8-6-12-32(34)27-42(44)43-28-33-13-7-9-15-35(33)30-45(43)46/h4-10,12-30H,1-3,11H2/b16-10-,22-18?,38-24+,40-17?. The molecule has 2 nitrogen and oxygen atoms in total. The minimum atomic E-state index is -0.639. The molecule has 0 spiro atoms. The summed E-state index contributed by atoms with van der Waals surface area (Å²) in [6, 6.07) is 39.9. The van der Waals surface area contributed by atoms with Gasteiger partial charge in [-0.3, -0.25) is 0 Å². The average molecular weight is 619 g/mol. The molecule has 230 valence electrons. The number of hydrogen-bond donors (Lipinski definition) is 0. The molecule has 0 aliphatic heterocycles. The van der Waals surface area contributed by atoms with E-state index in [2.05, 4.69) is 147 Å². The molecule has 8 rings (SSSR count). The fourth-order valence-corrected chi connectivity index (χ4v) is 7.46. The normalized spacial score (nSPS) is 16.8. The maximum Gasteiger partial charge on any atom is 0.127 e. The molecule has 0 N–H and O–H groups in total. The molecule has 0 aromatic heterocycles. The minimum Gasteiger partial charge on any atom is -0.466 e. The third kappa shape index (κ3) is 4.82. The first-order valence-electron chi connectivity index (χ1n) is 16.2. The molecule has 0 heterocycles. The van der Waals surface area contributed by atoms with Crippen LogP contribution in [0.25, 0.3) is 43.4 Å². The van der Waals surface area contributed by atoms with Crippen molar-refractivity contribution >= 4 is 32.3 Å². The second-order valence-electron chi connectivity index (χ2n) is 12.3. The van der Waals surface area contributed by atoms with Gasteiger partial charge in [-0.25, -0.2) is 0 Å². The number of hydrogen-bond acceptors (Lipinski definition) is 2. The Balaban J connectivity index is 1.48. The lowest BCUT2D eigenvalue weighted by Crippen LogP contribution is -2.29. The lowest BCUT2D eigenvalue weighted by Gasteiger charge is -2.35. The van der Waals surface area contributed by atoms with Gasteiger partial charge in [-0.2, -0.15) is 0 Å². The van der Waals surface area contributed by atoms with E-state index in [-0.39, 0.29) is 0 Å². The van der Waals surface area contributed by atoms with Crippen molar-refractivity contribution < 1.29 is 9.47 Å². The number of fused-ring (bicyclic) bond motifs is 6. The highest BCUT2D eigenvalue weighted by Crippen LogP contribution is 2.58. The van der Waals surface area contributed by atoms with Crippen LogP contribution in [0.3, 0.4) is 0 Å². The summed E-state index contributed by atoms with van der Waals surface area (Å²) in [6.45, 7) is 12.0. The lowest BCUT2D eigenvalue weighted by atomic mass is 9.66. The van der Waals surface area contributed by atoms with Crippen molar-refractivity contribution in [3.63, 3.8) is 0 Å². The molecule has 0 atom stereocenters. The van der Waals surface area contributed by atoms with E-state index in [1.54, 1.807) is 0 Å². The van der Waals surface area contributed by atoms with Gasteiger partial charge in [0.1, 0.15) is 11.5 Å². The van der Waals surface area contributed by atoms with Gasteiger partial charge in [0.15, 0.2) is 0 Å². The Bertz CT molecular complexity index is 2350. The molecule has 2 heteroatoms. The van der Waals surface area contributed by atoms with Crippen molar-refractivity contribution in [3.05, 3.63) is 212 Å². The molecular formula is C46H34O2. The van der Waals surface area contributed by atoms with Crippen LogP contribution in [-0.2, 0) is 10.2 Å². The summed E-state index contributed by atoms with van der Waals surface area (Å²) in [5, 5.41) is 7.11. The number of benzene rings is 6. The van der Waals surface area contributed by atoms with Crippen LogP contribution in [0.2, 0.25) is 0 Å². The summed E-state index contributed by atoms with van der Waals surface area (Å²) in [7, 11) is 0. The average Bonchev–Trinajstić information content (AvgIpc) is 3.38. The molecule has 2 aliphatic carbocycles. The van der Waals surface area contributed by atoms with E-state index < -0.39 is 5.41 Å². The van der Waals surface area contributed by atoms with Crippen LogP contribution in [0.5, 0.6) is 5.75 Å². The zero-order chi connectivity index (χ0) is 32.7. The van der Waals surface area contributed by atoms with Crippen molar-refractivity contribution in [2.45, 2.75) is 11.8 Å². The molecule has 0 radical (unpaired) electrons. The first-order chi connectivity index (χ1) is 23.6. The van der Waals surface area contributed by atoms with Crippen LogP contribution in [0.1, 0.15) is 23.1 Å². The number of ether oxygens (including phenoxy) is 2. The molecule has 2 aliphatic rings. The third-order valence-corrected chi connectivity index (χ3v) is 9.54. The second kappa shape index (κ2) is 11.9. The molecule has 6 aromatic carbocycles. The molecule has 0 unspecified atom stereocenters. The van der Waals surface area contributed by atoms with Gasteiger partial charge >= 0.3 is 0 Å². The zero-order valence-corrected chi connectivity index (χ0v) is 26.7. The first kappa shape index (κ1) is 29.3. The maximum atomic E-state index is 5.65. The quantitative estimate of drug-likeness (QED) is 0.173. The Labute approximate surface area is 281 Å². The van der Waals surface area contributed by atoms with E-state index in [0.717, 1.165) is 33.4 Å². The van der Waals surface area contributed by atoms with Gasteiger partial charge in [0, 0.05) is 0 Å². The summed E-state index contributed by atoms with van der Waals surface area (Å²) >= 11 is 0. The van der Waals surface area contributed by atoms with Crippen LogP contribution in [0.4, 0.5) is 0 Å². The number of rotatable bonds is 6. The second-order valence-corrected chi connectivity index (χ2v) is 12.3. The van der Waals surface area contributed by atoms with Gasteiger partial charge in [0.25, 0.3) is 0 Å². The summed E-state index contributed by atoms with van der Waals surface area (Å²) in [6.07, 6.45) is 16.4. The zero-order valence-electron chi connectivity index (χ0n) is 26.7. The van der Waals surface area contributed by atoms with Crippen LogP contribution in [-0.4, -0.2) is 0 Å². The van der Waals surface area contributed by atoms with Crippen molar-refractivity contribution in [1.82, 2.24) is 0 Å². The maximum absolute atomic E-state index is 5.65. The largest absolute Gasteiger partial charge is 0.466 e. The summed E-state index contributed by atoms with van der Waals surface area (Å²) in [4.78, 5) is 0. The van der Waals surface area contributed by atoms with E-state index in [1.165, 1.54) is 61.9 Å². The van der Waals surface area contributed by atoms with Gasteiger partial charge in [-0.1, -0.05) is 111 Å². The highest BCUT2D eigenvalue weighted by Gasteiger charge is 2.47.